The van der Waals surface area contributed by atoms with Crippen LogP contribution in [0.1, 0.15) is 42.4 Å². The van der Waals surface area contributed by atoms with Crippen molar-refractivity contribution in [2.75, 3.05) is 18.5 Å². The first kappa shape index (κ1) is 25.9. The highest BCUT2D eigenvalue weighted by Gasteiger charge is 2.24. The van der Waals surface area contributed by atoms with Gasteiger partial charge in [0.1, 0.15) is 23.3 Å². The highest BCUT2D eigenvalue weighted by atomic mass is 19.1. The second kappa shape index (κ2) is 11.7. The Hall–Kier alpha value is -3.23. The average Bonchev–Trinajstić information content (AvgIpc) is 2.84. The molecule has 0 bridgehead atoms. The standard InChI is InChI=1S/C28H28F4N2O2/c1-17-16-36-21(15-33-17)10-12-23-25(31)3-2-4-27(23)34-28(35)14-24(18-5-7-19(29)8-6-18)22-11-9-20(30)13-26(22)32/h2-9,11,13,17,21,24,33H,10,12,14-16H2,1H3,(H,34,35)/t17-,21+,24-/m0/s1. The summed E-state index contributed by atoms with van der Waals surface area (Å²) in [6.07, 6.45) is 0.658. The minimum absolute atomic E-state index is 0.0614. The maximum absolute atomic E-state index is 14.7. The van der Waals surface area contributed by atoms with E-state index in [9.17, 15) is 22.4 Å². The van der Waals surface area contributed by atoms with Crippen molar-refractivity contribution >= 4 is 11.6 Å². The molecular weight excluding hydrogens is 472 g/mol. The molecule has 0 aromatic heterocycles. The Balaban J connectivity index is 1.52. The molecule has 0 radical (unpaired) electrons. The summed E-state index contributed by atoms with van der Waals surface area (Å²) in [7, 11) is 0. The molecule has 8 heteroatoms. The predicted octanol–water partition coefficient (Wildman–Crippen LogP) is 5.71. The molecule has 4 rings (SSSR count). The van der Waals surface area contributed by atoms with E-state index in [2.05, 4.69) is 10.6 Å². The van der Waals surface area contributed by atoms with Crippen LogP contribution in [0.15, 0.2) is 60.7 Å². The van der Waals surface area contributed by atoms with Gasteiger partial charge in [0, 0.05) is 42.2 Å². The van der Waals surface area contributed by atoms with Gasteiger partial charge in [0.25, 0.3) is 0 Å². The molecule has 3 atom stereocenters. The summed E-state index contributed by atoms with van der Waals surface area (Å²) in [5.41, 5.74) is 1.29. The fraction of sp³-hybridized carbons (Fsp3) is 0.321. The van der Waals surface area contributed by atoms with Crippen molar-refractivity contribution in [2.45, 2.75) is 44.2 Å². The molecule has 1 aliphatic rings. The zero-order chi connectivity index (χ0) is 25.7. The smallest absolute Gasteiger partial charge is 0.225 e. The largest absolute Gasteiger partial charge is 0.375 e. The SMILES string of the molecule is C[C@H]1CO[C@H](CCc2c(F)cccc2NC(=O)C[C@@H](c2ccc(F)cc2)c2ccc(F)cc2F)CN1. The number of rotatable bonds is 8. The normalized spacial score (nSPS) is 18.6. The summed E-state index contributed by atoms with van der Waals surface area (Å²) in [6.45, 7) is 3.27. The van der Waals surface area contributed by atoms with E-state index in [0.29, 0.717) is 42.8 Å². The number of benzene rings is 3. The van der Waals surface area contributed by atoms with Crippen molar-refractivity contribution in [3.8, 4) is 0 Å². The number of ether oxygens (including phenoxy) is 1. The first-order valence-electron chi connectivity index (χ1n) is 11.9. The number of hydrogen-bond acceptors (Lipinski definition) is 3. The van der Waals surface area contributed by atoms with Crippen molar-refractivity contribution < 1.29 is 27.1 Å². The number of carbonyl (C=O) groups is 1. The molecule has 3 aromatic carbocycles. The fourth-order valence-corrected chi connectivity index (χ4v) is 4.42. The number of anilines is 1. The molecular formula is C28H28F4N2O2. The molecule has 36 heavy (non-hydrogen) atoms. The lowest BCUT2D eigenvalue weighted by atomic mass is 9.87. The molecule has 1 saturated heterocycles. The van der Waals surface area contributed by atoms with E-state index in [0.717, 1.165) is 12.1 Å². The molecule has 0 spiro atoms. The molecule has 3 aromatic rings. The second-order valence-corrected chi connectivity index (χ2v) is 9.09. The van der Waals surface area contributed by atoms with Gasteiger partial charge in [-0.2, -0.15) is 0 Å². The molecule has 1 aliphatic heterocycles. The van der Waals surface area contributed by atoms with Gasteiger partial charge in [0.2, 0.25) is 5.91 Å². The maximum Gasteiger partial charge on any atom is 0.225 e. The molecule has 0 aliphatic carbocycles. The molecule has 0 saturated carbocycles. The lowest BCUT2D eigenvalue weighted by Gasteiger charge is -2.28. The van der Waals surface area contributed by atoms with Gasteiger partial charge in [-0.3, -0.25) is 4.79 Å². The zero-order valence-electron chi connectivity index (χ0n) is 19.9. The van der Waals surface area contributed by atoms with E-state index >= 15 is 0 Å². The van der Waals surface area contributed by atoms with Crippen LogP contribution >= 0.6 is 0 Å². The highest BCUT2D eigenvalue weighted by molar-refractivity contribution is 5.92. The first-order chi connectivity index (χ1) is 17.3. The van der Waals surface area contributed by atoms with Crippen LogP contribution in [0.2, 0.25) is 0 Å². The number of amides is 1. The van der Waals surface area contributed by atoms with E-state index in [4.69, 9.17) is 4.74 Å². The van der Waals surface area contributed by atoms with Crippen LogP contribution in [0.3, 0.4) is 0 Å². The van der Waals surface area contributed by atoms with E-state index in [1.165, 1.54) is 42.5 Å². The van der Waals surface area contributed by atoms with Crippen LogP contribution in [-0.2, 0) is 16.0 Å². The van der Waals surface area contributed by atoms with Crippen LogP contribution in [0.5, 0.6) is 0 Å². The van der Waals surface area contributed by atoms with Crippen LogP contribution in [-0.4, -0.2) is 31.2 Å². The van der Waals surface area contributed by atoms with Crippen molar-refractivity contribution in [2.24, 2.45) is 0 Å². The van der Waals surface area contributed by atoms with Gasteiger partial charge in [0.05, 0.1) is 12.7 Å². The van der Waals surface area contributed by atoms with Gasteiger partial charge in [-0.25, -0.2) is 17.6 Å². The third kappa shape index (κ3) is 6.50. The molecule has 2 N–H and O–H groups in total. The molecule has 190 valence electrons. The molecule has 1 heterocycles. The second-order valence-electron chi connectivity index (χ2n) is 9.09. The number of halogens is 4. The summed E-state index contributed by atoms with van der Waals surface area (Å²) in [4.78, 5) is 13.1. The quantitative estimate of drug-likeness (QED) is 0.390. The van der Waals surface area contributed by atoms with E-state index in [1.807, 2.05) is 6.92 Å². The van der Waals surface area contributed by atoms with Crippen molar-refractivity contribution in [1.82, 2.24) is 5.32 Å². The summed E-state index contributed by atoms with van der Waals surface area (Å²) < 4.78 is 62.1. The monoisotopic (exact) mass is 500 g/mol. The Morgan fingerprint density at radius 1 is 1.03 bits per heavy atom. The number of morpholine rings is 1. The first-order valence-corrected chi connectivity index (χ1v) is 11.9. The highest BCUT2D eigenvalue weighted by Crippen LogP contribution is 2.32. The third-order valence-corrected chi connectivity index (χ3v) is 6.38. The summed E-state index contributed by atoms with van der Waals surface area (Å²) >= 11 is 0. The Morgan fingerprint density at radius 3 is 2.47 bits per heavy atom. The van der Waals surface area contributed by atoms with Gasteiger partial charge in [-0.05, 0) is 61.2 Å². The lowest BCUT2D eigenvalue weighted by molar-refractivity contribution is -0.116. The van der Waals surface area contributed by atoms with Crippen LogP contribution in [0.25, 0.3) is 0 Å². The van der Waals surface area contributed by atoms with Crippen molar-refractivity contribution in [3.63, 3.8) is 0 Å². The third-order valence-electron chi connectivity index (χ3n) is 6.38. The molecule has 4 nitrogen and oxygen atoms in total. The Bertz CT molecular complexity index is 1190. The zero-order valence-corrected chi connectivity index (χ0v) is 19.9. The Labute approximate surface area is 207 Å². The van der Waals surface area contributed by atoms with Gasteiger partial charge in [-0.15, -0.1) is 0 Å². The van der Waals surface area contributed by atoms with Gasteiger partial charge in [0.15, 0.2) is 0 Å². The molecule has 1 amide bonds. The minimum atomic E-state index is -0.807. The van der Waals surface area contributed by atoms with E-state index < -0.39 is 35.1 Å². The average molecular weight is 501 g/mol. The Morgan fingerprint density at radius 2 is 1.78 bits per heavy atom. The number of nitrogens with one attached hydrogen (secondary N) is 2. The summed E-state index contributed by atoms with van der Waals surface area (Å²) in [5.74, 6) is -3.74. The van der Waals surface area contributed by atoms with Crippen molar-refractivity contribution in [1.29, 1.82) is 0 Å². The molecule has 1 fully saturated rings. The predicted molar refractivity (Wildman–Crippen MR) is 130 cm³/mol. The van der Waals surface area contributed by atoms with E-state index in [1.54, 1.807) is 6.07 Å². The topological polar surface area (TPSA) is 50.4 Å². The lowest BCUT2D eigenvalue weighted by Crippen LogP contribution is -2.44. The number of hydrogen-bond donors (Lipinski definition) is 2. The van der Waals surface area contributed by atoms with Crippen molar-refractivity contribution in [3.05, 3.63) is 101 Å². The van der Waals surface area contributed by atoms with Crippen LogP contribution < -0.4 is 10.6 Å². The van der Waals surface area contributed by atoms with Crippen LogP contribution in [0.4, 0.5) is 23.2 Å². The molecule has 0 unspecified atom stereocenters. The number of carbonyl (C=O) groups excluding carboxylic acids is 1. The van der Waals surface area contributed by atoms with Gasteiger partial charge in [-0.1, -0.05) is 24.3 Å². The van der Waals surface area contributed by atoms with Crippen LogP contribution in [0, 0.1) is 23.3 Å². The Kier molecular flexibility index (Phi) is 8.38. The summed E-state index contributed by atoms with van der Waals surface area (Å²) in [6, 6.07) is 13.2. The minimum Gasteiger partial charge on any atom is -0.375 e. The maximum atomic E-state index is 14.7. The summed E-state index contributed by atoms with van der Waals surface area (Å²) in [5, 5.41) is 6.08. The van der Waals surface area contributed by atoms with Gasteiger partial charge >= 0.3 is 0 Å². The fourth-order valence-electron chi connectivity index (χ4n) is 4.42. The van der Waals surface area contributed by atoms with Gasteiger partial charge < -0.3 is 15.4 Å². The van der Waals surface area contributed by atoms with E-state index in [-0.39, 0.29) is 24.1 Å².